The van der Waals surface area contributed by atoms with Crippen molar-refractivity contribution in [3.8, 4) is 0 Å². The molecule has 3 rings (SSSR count). The highest BCUT2D eigenvalue weighted by atomic mass is 79.9. The smallest absolute Gasteiger partial charge is 0.0852 e. The minimum atomic E-state index is 0.333. The van der Waals surface area contributed by atoms with Crippen LogP contribution >= 0.6 is 27.5 Å². The SMILES string of the molecule is C=NCN.Clc1cc(Br)cc(C(=NCc2ccccc2)c2ccccc2)c1. The summed E-state index contributed by atoms with van der Waals surface area (Å²) < 4.78 is 0.948. The van der Waals surface area contributed by atoms with Crippen LogP contribution in [0.5, 0.6) is 0 Å². The van der Waals surface area contributed by atoms with Crippen LogP contribution in [0.15, 0.2) is 93.3 Å². The van der Waals surface area contributed by atoms with Gasteiger partial charge in [-0.15, -0.1) is 0 Å². The quantitative estimate of drug-likeness (QED) is 0.503. The first-order valence-corrected chi connectivity index (χ1v) is 9.54. The number of rotatable bonds is 5. The van der Waals surface area contributed by atoms with Gasteiger partial charge in [0.2, 0.25) is 0 Å². The molecule has 0 saturated heterocycles. The van der Waals surface area contributed by atoms with Crippen LogP contribution in [-0.2, 0) is 6.54 Å². The molecule has 0 heterocycles. The van der Waals surface area contributed by atoms with Gasteiger partial charge in [-0.2, -0.15) is 0 Å². The van der Waals surface area contributed by atoms with Gasteiger partial charge in [0, 0.05) is 20.6 Å². The Labute approximate surface area is 173 Å². The molecule has 0 spiro atoms. The van der Waals surface area contributed by atoms with E-state index in [-0.39, 0.29) is 0 Å². The highest BCUT2D eigenvalue weighted by Crippen LogP contribution is 2.22. The molecule has 3 nitrogen and oxygen atoms in total. The van der Waals surface area contributed by atoms with Crippen molar-refractivity contribution in [2.75, 3.05) is 6.67 Å². The van der Waals surface area contributed by atoms with Gasteiger partial charge in [0.25, 0.3) is 0 Å². The van der Waals surface area contributed by atoms with Gasteiger partial charge < -0.3 is 5.73 Å². The van der Waals surface area contributed by atoms with E-state index in [9.17, 15) is 0 Å². The summed E-state index contributed by atoms with van der Waals surface area (Å²) in [5.41, 5.74) is 9.01. The third-order valence-corrected chi connectivity index (χ3v) is 4.25. The molecule has 27 heavy (non-hydrogen) atoms. The Morgan fingerprint density at radius 1 is 0.926 bits per heavy atom. The Morgan fingerprint density at radius 3 is 2.07 bits per heavy atom. The average Bonchev–Trinajstić information content (AvgIpc) is 2.69. The van der Waals surface area contributed by atoms with Crippen molar-refractivity contribution in [1.29, 1.82) is 0 Å². The van der Waals surface area contributed by atoms with Gasteiger partial charge in [-0.1, -0.05) is 88.2 Å². The molecule has 0 saturated carbocycles. The Morgan fingerprint density at radius 2 is 1.52 bits per heavy atom. The lowest BCUT2D eigenvalue weighted by Crippen LogP contribution is -2.04. The molecule has 138 valence electrons. The van der Waals surface area contributed by atoms with Crippen LogP contribution in [0.4, 0.5) is 0 Å². The minimum Gasteiger partial charge on any atom is -0.312 e. The number of aliphatic imine (C=N–C) groups is 2. The molecule has 0 radical (unpaired) electrons. The lowest BCUT2D eigenvalue weighted by atomic mass is 10.0. The molecule has 0 aromatic heterocycles. The van der Waals surface area contributed by atoms with Crippen molar-refractivity contribution in [3.63, 3.8) is 0 Å². The van der Waals surface area contributed by atoms with Crippen LogP contribution in [-0.4, -0.2) is 19.1 Å². The number of hydrogen-bond acceptors (Lipinski definition) is 3. The molecule has 0 aliphatic rings. The molecule has 0 aliphatic heterocycles. The molecular weight excluding hydrogens is 422 g/mol. The first-order valence-electron chi connectivity index (χ1n) is 8.37. The highest BCUT2D eigenvalue weighted by Gasteiger charge is 2.08. The lowest BCUT2D eigenvalue weighted by Gasteiger charge is -2.09. The van der Waals surface area contributed by atoms with Gasteiger partial charge in [0.05, 0.1) is 18.9 Å². The van der Waals surface area contributed by atoms with E-state index < -0.39 is 0 Å². The lowest BCUT2D eigenvalue weighted by molar-refractivity contribution is 1.07. The first-order chi connectivity index (χ1) is 13.1. The maximum absolute atomic E-state index is 6.21. The van der Waals surface area contributed by atoms with Crippen LogP contribution in [0.25, 0.3) is 0 Å². The maximum Gasteiger partial charge on any atom is 0.0852 e. The standard InChI is InChI=1S/C20H15BrClN.C2H6N2/c21-18-11-17(12-19(22)13-18)20(16-9-5-2-6-10-16)23-14-15-7-3-1-4-8-15;1-4-2-3/h1-13H,14H2;1-3H2. The Balaban J connectivity index is 0.000000596. The molecule has 0 atom stereocenters. The Kier molecular flexibility index (Phi) is 8.92. The zero-order valence-corrected chi connectivity index (χ0v) is 17.2. The van der Waals surface area contributed by atoms with E-state index in [2.05, 4.69) is 51.9 Å². The molecular formula is C22H21BrClN3. The predicted octanol–water partition coefficient (Wildman–Crippen LogP) is 5.74. The summed E-state index contributed by atoms with van der Waals surface area (Å²) in [5.74, 6) is 0. The van der Waals surface area contributed by atoms with Gasteiger partial charge in [-0.25, -0.2) is 0 Å². The first kappa shape index (κ1) is 21.0. The average molecular weight is 443 g/mol. The van der Waals surface area contributed by atoms with Crippen molar-refractivity contribution < 1.29 is 0 Å². The second kappa shape index (κ2) is 11.4. The fraction of sp³-hybridized carbons (Fsp3) is 0.0909. The Bertz CT molecular complexity index is 860. The molecule has 0 aliphatic carbocycles. The molecule has 3 aromatic rings. The minimum absolute atomic E-state index is 0.333. The third-order valence-electron chi connectivity index (χ3n) is 3.57. The normalized spacial score (nSPS) is 10.7. The van der Waals surface area contributed by atoms with E-state index in [0.717, 1.165) is 21.3 Å². The number of benzene rings is 3. The van der Waals surface area contributed by atoms with Crippen molar-refractivity contribution in [1.82, 2.24) is 0 Å². The van der Waals surface area contributed by atoms with Crippen LogP contribution < -0.4 is 5.73 Å². The topological polar surface area (TPSA) is 50.7 Å². The number of hydrogen-bond donors (Lipinski definition) is 1. The second-order valence-electron chi connectivity index (χ2n) is 5.58. The molecule has 0 unspecified atom stereocenters. The number of nitrogens with zero attached hydrogens (tertiary/aromatic N) is 2. The summed E-state index contributed by atoms with van der Waals surface area (Å²) in [7, 11) is 0. The van der Waals surface area contributed by atoms with E-state index >= 15 is 0 Å². The summed E-state index contributed by atoms with van der Waals surface area (Å²) >= 11 is 9.72. The summed E-state index contributed by atoms with van der Waals surface area (Å²) in [6.07, 6.45) is 0. The molecule has 2 N–H and O–H groups in total. The molecule has 0 bridgehead atoms. The van der Waals surface area contributed by atoms with E-state index in [1.54, 1.807) is 0 Å². The van der Waals surface area contributed by atoms with Gasteiger partial charge in [0.1, 0.15) is 0 Å². The maximum atomic E-state index is 6.21. The predicted molar refractivity (Wildman–Crippen MR) is 120 cm³/mol. The van der Waals surface area contributed by atoms with Gasteiger partial charge in [-0.05, 0) is 30.5 Å². The Hall–Kier alpha value is -2.27. The van der Waals surface area contributed by atoms with Crippen LogP contribution in [0, 0.1) is 0 Å². The van der Waals surface area contributed by atoms with Crippen LogP contribution in [0.3, 0.4) is 0 Å². The van der Waals surface area contributed by atoms with E-state index in [1.807, 2.05) is 54.6 Å². The highest BCUT2D eigenvalue weighted by molar-refractivity contribution is 9.10. The third kappa shape index (κ3) is 7.10. The van der Waals surface area contributed by atoms with Crippen LogP contribution in [0.2, 0.25) is 5.02 Å². The summed E-state index contributed by atoms with van der Waals surface area (Å²) in [4.78, 5) is 8.12. The zero-order chi connectivity index (χ0) is 19.5. The van der Waals surface area contributed by atoms with Crippen molar-refractivity contribution in [2.24, 2.45) is 15.7 Å². The van der Waals surface area contributed by atoms with Crippen LogP contribution in [0.1, 0.15) is 16.7 Å². The largest absolute Gasteiger partial charge is 0.312 e. The van der Waals surface area contributed by atoms with E-state index in [4.69, 9.17) is 22.3 Å². The van der Waals surface area contributed by atoms with Gasteiger partial charge in [0.15, 0.2) is 0 Å². The van der Waals surface area contributed by atoms with Crippen molar-refractivity contribution >= 4 is 40.0 Å². The van der Waals surface area contributed by atoms with Crippen molar-refractivity contribution in [2.45, 2.75) is 6.54 Å². The number of nitrogens with two attached hydrogens (primary N) is 1. The van der Waals surface area contributed by atoms with Gasteiger partial charge >= 0.3 is 0 Å². The second-order valence-corrected chi connectivity index (χ2v) is 6.93. The summed E-state index contributed by atoms with van der Waals surface area (Å²) in [6, 6.07) is 26.3. The molecule has 0 fully saturated rings. The fourth-order valence-electron chi connectivity index (χ4n) is 2.39. The van der Waals surface area contributed by atoms with E-state index in [0.29, 0.717) is 18.2 Å². The summed E-state index contributed by atoms with van der Waals surface area (Å²) in [6.45, 7) is 4.07. The monoisotopic (exact) mass is 441 g/mol. The molecule has 0 amide bonds. The van der Waals surface area contributed by atoms with E-state index in [1.165, 1.54) is 5.56 Å². The summed E-state index contributed by atoms with van der Waals surface area (Å²) in [5, 5.41) is 0.692. The zero-order valence-electron chi connectivity index (χ0n) is 14.9. The fourth-order valence-corrected chi connectivity index (χ4v) is 3.25. The van der Waals surface area contributed by atoms with Gasteiger partial charge in [-0.3, -0.25) is 9.98 Å². The van der Waals surface area contributed by atoms with Crippen molar-refractivity contribution in [3.05, 3.63) is 105 Å². The number of halogens is 2. The molecule has 3 aromatic carbocycles. The molecule has 5 heteroatoms.